The lowest BCUT2D eigenvalue weighted by atomic mass is 9.75. The van der Waals surface area contributed by atoms with Crippen molar-refractivity contribution in [3.63, 3.8) is 0 Å². The summed E-state index contributed by atoms with van der Waals surface area (Å²) in [7, 11) is 1.99. The molecule has 0 unspecified atom stereocenters. The standard InChI is InChI=1S/C9H17NO/c1-9(7-11)5-3-8(10-2)4-6-9/h7-8,10H,3-6H2,1-2H3. The topological polar surface area (TPSA) is 29.1 Å². The van der Waals surface area contributed by atoms with Gasteiger partial charge in [-0.25, -0.2) is 0 Å². The Morgan fingerprint density at radius 1 is 1.45 bits per heavy atom. The van der Waals surface area contributed by atoms with Crippen LogP contribution in [0.3, 0.4) is 0 Å². The third-order valence-corrected chi connectivity index (χ3v) is 2.82. The van der Waals surface area contributed by atoms with Gasteiger partial charge in [-0.05, 0) is 32.7 Å². The van der Waals surface area contributed by atoms with E-state index in [1.54, 1.807) is 0 Å². The fraction of sp³-hybridized carbons (Fsp3) is 0.889. The zero-order chi connectivity index (χ0) is 8.32. The van der Waals surface area contributed by atoms with Crippen molar-refractivity contribution in [2.45, 2.75) is 38.6 Å². The first kappa shape index (κ1) is 8.72. The van der Waals surface area contributed by atoms with E-state index in [1.807, 2.05) is 7.05 Å². The molecule has 1 N–H and O–H groups in total. The largest absolute Gasteiger partial charge is 0.317 e. The molecule has 0 radical (unpaired) electrons. The maximum atomic E-state index is 10.7. The molecule has 0 atom stereocenters. The molecule has 0 spiro atoms. The van der Waals surface area contributed by atoms with Crippen LogP contribution in [0.15, 0.2) is 0 Å². The fourth-order valence-corrected chi connectivity index (χ4v) is 1.68. The zero-order valence-corrected chi connectivity index (χ0v) is 7.39. The Hall–Kier alpha value is -0.370. The number of hydrogen-bond acceptors (Lipinski definition) is 2. The summed E-state index contributed by atoms with van der Waals surface area (Å²) < 4.78 is 0. The van der Waals surface area contributed by atoms with Crippen molar-refractivity contribution in [2.24, 2.45) is 5.41 Å². The Labute approximate surface area is 68.4 Å². The van der Waals surface area contributed by atoms with E-state index in [0.717, 1.165) is 32.0 Å². The first-order chi connectivity index (χ1) is 5.20. The van der Waals surface area contributed by atoms with Gasteiger partial charge in [0.2, 0.25) is 0 Å². The van der Waals surface area contributed by atoms with Crippen molar-refractivity contribution in [3.05, 3.63) is 0 Å². The van der Waals surface area contributed by atoms with E-state index in [4.69, 9.17) is 0 Å². The van der Waals surface area contributed by atoms with E-state index in [1.165, 1.54) is 0 Å². The average Bonchev–Trinajstić information content (AvgIpc) is 2.06. The van der Waals surface area contributed by atoms with Gasteiger partial charge in [0.1, 0.15) is 6.29 Å². The minimum atomic E-state index is -0.0205. The third-order valence-electron chi connectivity index (χ3n) is 2.82. The second-order valence-electron chi connectivity index (χ2n) is 3.83. The maximum Gasteiger partial charge on any atom is 0.125 e. The lowest BCUT2D eigenvalue weighted by molar-refractivity contribution is -0.117. The van der Waals surface area contributed by atoms with Gasteiger partial charge in [-0.15, -0.1) is 0 Å². The van der Waals surface area contributed by atoms with Gasteiger partial charge in [-0.1, -0.05) is 6.92 Å². The molecule has 0 aromatic heterocycles. The van der Waals surface area contributed by atoms with Crippen LogP contribution in [-0.2, 0) is 4.79 Å². The molecule has 0 amide bonds. The summed E-state index contributed by atoms with van der Waals surface area (Å²) >= 11 is 0. The van der Waals surface area contributed by atoms with Crippen LogP contribution in [0.2, 0.25) is 0 Å². The van der Waals surface area contributed by atoms with Crippen LogP contribution in [0, 0.1) is 5.41 Å². The molecule has 64 valence electrons. The van der Waals surface area contributed by atoms with Crippen molar-refractivity contribution in [1.29, 1.82) is 0 Å². The Kier molecular flexibility index (Phi) is 2.66. The third kappa shape index (κ3) is 2.03. The maximum absolute atomic E-state index is 10.7. The van der Waals surface area contributed by atoms with E-state index in [9.17, 15) is 4.79 Å². The highest BCUT2D eigenvalue weighted by atomic mass is 16.1. The second kappa shape index (κ2) is 3.35. The summed E-state index contributed by atoms with van der Waals surface area (Å²) in [6.07, 6.45) is 5.50. The molecule has 1 saturated carbocycles. The molecular formula is C9H17NO. The predicted molar refractivity (Wildman–Crippen MR) is 45.5 cm³/mol. The van der Waals surface area contributed by atoms with Crippen molar-refractivity contribution in [2.75, 3.05) is 7.05 Å². The second-order valence-corrected chi connectivity index (χ2v) is 3.83. The minimum absolute atomic E-state index is 0.0205. The molecule has 2 heteroatoms. The van der Waals surface area contributed by atoms with Gasteiger partial charge in [0, 0.05) is 11.5 Å². The van der Waals surface area contributed by atoms with Crippen LogP contribution in [0.25, 0.3) is 0 Å². The van der Waals surface area contributed by atoms with E-state index in [-0.39, 0.29) is 5.41 Å². The van der Waals surface area contributed by atoms with E-state index < -0.39 is 0 Å². The Bertz CT molecular complexity index is 136. The fourth-order valence-electron chi connectivity index (χ4n) is 1.68. The molecular weight excluding hydrogens is 138 g/mol. The highest BCUT2D eigenvalue weighted by molar-refractivity contribution is 5.58. The molecule has 0 aromatic rings. The monoisotopic (exact) mass is 155 g/mol. The number of nitrogens with one attached hydrogen (secondary N) is 1. The molecule has 1 fully saturated rings. The SMILES string of the molecule is CNC1CCC(C)(C=O)CC1. The van der Waals surface area contributed by atoms with Gasteiger partial charge in [0.15, 0.2) is 0 Å². The molecule has 0 bridgehead atoms. The Morgan fingerprint density at radius 2 is 2.00 bits per heavy atom. The molecule has 0 heterocycles. The zero-order valence-electron chi connectivity index (χ0n) is 7.39. The van der Waals surface area contributed by atoms with Crippen LogP contribution in [-0.4, -0.2) is 19.4 Å². The van der Waals surface area contributed by atoms with Gasteiger partial charge >= 0.3 is 0 Å². The molecule has 1 aliphatic rings. The number of rotatable bonds is 2. The van der Waals surface area contributed by atoms with Gasteiger partial charge in [0.25, 0.3) is 0 Å². The summed E-state index contributed by atoms with van der Waals surface area (Å²) in [6.45, 7) is 2.06. The molecule has 0 aromatic carbocycles. The minimum Gasteiger partial charge on any atom is -0.317 e. The molecule has 1 rings (SSSR count). The Balaban J connectivity index is 2.41. The molecule has 11 heavy (non-hydrogen) atoms. The highest BCUT2D eigenvalue weighted by Crippen LogP contribution is 2.33. The normalized spacial score (nSPS) is 38.5. The van der Waals surface area contributed by atoms with Crippen LogP contribution >= 0.6 is 0 Å². The average molecular weight is 155 g/mol. The van der Waals surface area contributed by atoms with Gasteiger partial charge in [0.05, 0.1) is 0 Å². The summed E-state index contributed by atoms with van der Waals surface area (Å²) in [5, 5.41) is 3.25. The predicted octanol–water partition coefficient (Wildman–Crippen LogP) is 1.35. The summed E-state index contributed by atoms with van der Waals surface area (Å²) in [5.74, 6) is 0. The molecule has 2 nitrogen and oxygen atoms in total. The van der Waals surface area contributed by atoms with E-state index >= 15 is 0 Å². The highest BCUT2D eigenvalue weighted by Gasteiger charge is 2.29. The van der Waals surface area contributed by atoms with Crippen molar-refractivity contribution in [3.8, 4) is 0 Å². The first-order valence-electron chi connectivity index (χ1n) is 4.34. The lowest BCUT2D eigenvalue weighted by Crippen LogP contribution is -2.35. The van der Waals surface area contributed by atoms with E-state index in [0.29, 0.717) is 6.04 Å². The summed E-state index contributed by atoms with van der Waals surface area (Å²) in [6, 6.07) is 0.642. The van der Waals surface area contributed by atoms with Crippen molar-refractivity contribution in [1.82, 2.24) is 5.32 Å². The van der Waals surface area contributed by atoms with Gasteiger partial charge in [-0.3, -0.25) is 0 Å². The summed E-state index contributed by atoms with van der Waals surface area (Å²) in [5.41, 5.74) is -0.0205. The summed E-state index contributed by atoms with van der Waals surface area (Å²) in [4.78, 5) is 10.7. The first-order valence-corrected chi connectivity index (χ1v) is 4.34. The lowest BCUT2D eigenvalue weighted by Gasteiger charge is -2.32. The Morgan fingerprint density at radius 3 is 2.36 bits per heavy atom. The number of carbonyl (C=O) groups excluding carboxylic acids is 1. The van der Waals surface area contributed by atoms with Crippen LogP contribution in [0.4, 0.5) is 0 Å². The van der Waals surface area contributed by atoms with Crippen LogP contribution in [0.5, 0.6) is 0 Å². The number of hydrogen-bond donors (Lipinski definition) is 1. The quantitative estimate of drug-likeness (QED) is 0.610. The van der Waals surface area contributed by atoms with Gasteiger partial charge < -0.3 is 10.1 Å². The smallest absolute Gasteiger partial charge is 0.125 e. The number of carbonyl (C=O) groups is 1. The van der Waals surface area contributed by atoms with Crippen molar-refractivity contribution < 1.29 is 4.79 Å². The molecule has 1 aliphatic carbocycles. The van der Waals surface area contributed by atoms with Crippen molar-refractivity contribution >= 4 is 6.29 Å². The van der Waals surface area contributed by atoms with E-state index in [2.05, 4.69) is 12.2 Å². The molecule has 0 saturated heterocycles. The number of aldehydes is 1. The van der Waals surface area contributed by atoms with Crippen LogP contribution in [0.1, 0.15) is 32.6 Å². The molecule has 0 aliphatic heterocycles. The van der Waals surface area contributed by atoms with Crippen LogP contribution < -0.4 is 5.32 Å². The van der Waals surface area contributed by atoms with Gasteiger partial charge in [-0.2, -0.15) is 0 Å².